The van der Waals surface area contributed by atoms with Crippen molar-refractivity contribution in [2.45, 2.75) is 270 Å². The van der Waals surface area contributed by atoms with Gasteiger partial charge in [-0.1, -0.05) is 123 Å². The zero-order valence-corrected chi connectivity index (χ0v) is 56.2. The van der Waals surface area contributed by atoms with Crippen molar-refractivity contribution in [1.29, 1.82) is 0 Å². The molecule has 4 heterocycles. The molecule has 548 valence electrons. The van der Waals surface area contributed by atoms with Gasteiger partial charge >= 0.3 is 35.8 Å². The van der Waals surface area contributed by atoms with Gasteiger partial charge in [0.25, 0.3) is 0 Å². The molecular formula is C62H104N2O31. The lowest BCUT2D eigenvalue weighted by atomic mass is 9.71. The van der Waals surface area contributed by atoms with Crippen molar-refractivity contribution >= 4 is 60.9 Å². The fourth-order valence-corrected chi connectivity index (χ4v) is 11.8. The van der Waals surface area contributed by atoms with Crippen LogP contribution in [0.2, 0.25) is 0 Å². The van der Waals surface area contributed by atoms with Gasteiger partial charge in [-0.3, -0.25) is 4.99 Å². The van der Waals surface area contributed by atoms with Crippen LogP contribution in [0.4, 0.5) is 0 Å². The predicted molar refractivity (Wildman–Crippen MR) is 327 cm³/mol. The predicted octanol–water partition coefficient (Wildman–Crippen LogP) is -0.728. The first-order valence-corrected chi connectivity index (χ1v) is 31.4. The van der Waals surface area contributed by atoms with Crippen molar-refractivity contribution in [3.05, 3.63) is 0 Å². The summed E-state index contributed by atoms with van der Waals surface area (Å²) in [5, 5.41) is 146. The monoisotopic (exact) mass is 1370 g/mol. The normalized spacial score (nSPS) is 33.5. The Labute approximate surface area is 551 Å². The molecule has 4 rings (SSSR count). The molecule has 4 aliphatic rings. The standard InChI is InChI=1S/C31H51NO15.C26H40O16.C5H13N/c1-8-9-10-11-32-12-14(16-18(34)20(36)25(31(5,6)7)46-23(16)27(40)41)44-22(26(38)39)15(13-33)45-29-21(37)19(35)17(30(2,3)4)24(47-29)28(42)43;1-25(2,3)12-14(30)16(32)24(42-19(12)23(37)38)40-10(8-28)17(21(33)34)39-9(7-27)11-13(29)15(31)20(26(4,5)6)41-18(11)22(35)36;1-2-3-4-5-6/h12-25,29,34-37H,8-11H2,1-7H3,(H,38,39)(H,40,41)(H,42,43);7-20,24,29-32H,1-6H3,(H,33,34)(H,35,36)(H,37,38);2-6H2,1H3/t14?,15?,16-,17-,18?,19?,20-,21-,22?,23?,24?,25+,29+;9?,10?,11-,12-,13?,14?,15-,16-,17?,18?,19?,20+,24+;/m11./s1. The Bertz CT molecular complexity index is 2510. The smallest absolute Gasteiger partial charge is 0.336 e. The minimum atomic E-state index is -2.41. The molecule has 0 amide bonds. The summed E-state index contributed by atoms with van der Waals surface area (Å²) in [6.45, 7) is 24.6. The lowest BCUT2D eigenvalue weighted by Crippen LogP contribution is -2.64. The molecule has 4 saturated heterocycles. The van der Waals surface area contributed by atoms with Gasteiger partial charge in [0.1, 0.15) is 42.9 Å². The van der Waals surface area contributed by atoms with Crippen LogP contribution < -0.4 is 5.73 Å². The SMILES string of the molecule is CC(C)(C)[C@H]1C(C(=O)O)O[C@H](OC(C=O)C(OC(C=O)[C@H]2C(C(=O)O)O[C@H](C(C)(C)C)[C@H](O)C2O)C(=O)O)[C@H](O)C1O.CCCCCN.CCCCCN=CC(OC(C(=O)O)C(C=O)O[C@H]1OC(C(=O)O)[C@H](C(C)(C)C)C(O)[C@H]1O)[C@H]1C(C(=O)O)O[C@H](C(C)(C)C)[C@H](O)C1O. The number of hydrogen-bond acceptors (Lipinski definition) is 27. The van der Waals surface area contributed by atoms with E-state index >= 15 is 0 Å². The topological polar surface area (TPSA) is 549 Å². The fraction of sp³-hybridized carbons (Fsp3) is 0.839. The van der Waals surface area contributed by atoms with Crippen LogP contribution in [0.25, 0.3) is 0 Å². The van der Waals surface area contributed by atoms with E-state index in [1.165, 1.54) is 19.3 Å². The molecule has 33 nitrogen and oxygen atoms in total. The van der Waals surface area contributed by atoms with Crippen LogP contribution in [0.3, 0.4) is 0 Å². The maximum absolute atomic E-state index is 12.5. The maximum Gasteiger partial charge on any atom is 0.336 e. The lowest BCUT2D eigenvalue weighted by molar-refractivity contribution is -0.308. The van der Waals surface area contributed by atoms with Crippen LogP contribution >= 0.6 is 0 Å². The van der Waals surface area contributed by atoms with Gasteiger partial charge in [0.2, 0.25) is 0 Å². The molecular weight excluding hydrogens is 1270 g/mol. The number of ether oxygens (including phenoxy) is 8. The molecule has 0 radical (unpaired) electrons. The third-order valence-corrected chi connectivity index (χ3v) is 16.7. The third-order valence-electron chi connectivity index (χ3n) is 16.7. The molecule has 0 aromatic heterocycles. The Hall–Kier alpha value is -5.18. The van der Waals surface area contributed by atoms with Gasteiger partial charge in [0.15, 0.2) is 74.0 Å². The summed E-state index contributed by atoms with van der Waals surface area (Å²) in [7, 11) is 0. The molecule has 16 N–H and O–H groups in total. The molecule has 4 aliphatic heterocycles. The number of aldehydes is 3. The zero-order chi connectivity index (χ0) is 73.3. The number of aliphatic hydroxyl groups is 8. The Kier molecular flexibility index (Phi) is 33.6. The first kappa shape index (κ1) is 85.9. The molecule has 26 atom stereocenters. The van der Waals surface area contributed by atoms with Gasteiger partial charge < -0.3 is 130 Å². The number of carboxylic acid groups (broad SMARTS) is 6. The van der Waals surface area contributed by atoms with Crippen molar-refractivity contribution in [1.82, 2.24) is 0 Å². The molecule has 0 spiro atoms. The molecule has 33 heteroatoms. The van der Waals surface area contributed by atoms with Crippen LogP contribution in [0, 0.1) is 45.3 Å². The maximum atomic E-state index is 12.5. The number of nitrogens with two attached hydrogens (primary N) is 1. The fourth-order valence-electron chi connectivity index (χ4n) is 11.8. The summed E-state index contributed by atoms with van der Waals surface area (Å²) in [5.41, 5.74) is 1.74. The number of rotatable bonds is 29. The van der Waals surface area contributed by atoms with E-state index in [1.54, 1.807) is 83.1 Å². The summed E-state index contributed by atoms with van der Waals surface area (Å²) < 4.78 is 43.7. The Morgan fingerprint density at radius 1 is 0.442 bits per heavy atom. The minimum Gasteiger partial charge on any atom is -0.479 e. The Balaban J connectivity index is 0.000000598. The lowest BCUT2D eigenvalue weighted by Gasteiger charge is -2.48. The van der Waals surface area contributed by atoms with E-state index in [-0.39, 0.29) is 25.4 Å². The van der Waals surface area contributed by atoms with Crippen LogP contribution in [0.1, 0.15) is 135 Å². The highest BCUT2D eigenvalue weighted by molar-refractivity contribution is 5.81. The Morgan fingerprint density at radius 3 is 1.05 bits per heavy atom. The van der Waals surface area contributed by atoms with Gasteiger partial charge in [-0.15, -0.1) is 0 Å². The van der Waals surface area contributed by atoms with Gasteiger partial charge in [-0.05, 0) is 41.0 Å². The minimum absolute atomic E-state index is 0.00468. The molecule has 0 aromatic rings. The van der Waals surface area contributed by atoms with Gasteiger partial charge in [0, 0.05) is 24.6 Å². The van der Waals surface area contributed by atoms with E-state index in [4.69, 9.17) is 43.6 Å². The molecule has 14 unspecified atom stereocenters. The van der Waals surface area contributed by atoms with Gasteiger partial charge in [-0.25, -0.2) is 28.8 Å². The number of carbonyl (C=O) groups is 9. The molecule has 4 fully saturated rings. The van der Waals surface area contributed by atoms with Crippen molar-refractivity contribution < 1.29 is 153 Å². The Morgan fingerprint density at radius 2 is 0.779 bits per heavy atom. The number of nitrogens with zero attached hydrogens (tertiary/aromatic N) is 1. The first-order chi connectivity index (χ1) is 43.8. The summed E-state index contributed by atoms with van der Waals surface area (Å²) in [5.74, 6) is -15.7. The van der Waals surface area contributed by atoms with Crippen molar-refractivity contribution in [3.63, 3.8) is 0 Å². The molecule has 95 heavy (non-hydrogen) atoms. The van der Waals surface area contributed by atoms with E-state index in [9.17, 15) is 115 Å². The second-order valence-corrected chi connectivity index (χ2v) is 28.3. The molecule has 0 aromatic carbocycles. The van der Waals surface area contributed by atoms with Gasteiger partial charge in [0.05, 0.1) is 48.5 Å². The van der Waals surface area contributed by atoms with E-state index in [2.05, 4.69) is 11.9 Å². The first-order valence-electron chi connectivity index (χ1n) is 31.4. The second-order valence-electron chi connectivity index (χ2n) is 28.3. The van der Waals surface area contributed by atoms with E-state index in [1.807, 2.05) is 6.92 Å². The average Bonchev–Trinajstić information content (AvgIpc) is 0.791. The molecule has 0 bridgehead atoms. The van der Waals surface area contributed by atoms with Crippen LogP contribution in [0.15, 0.2) is 4.99 Å². The summed E-state index contributed by atoms with van der Waals surface area (Å²) in [4.78, 5) is 114. The molecule has 0 aliphatic carbocycles. The van der Waals surface area contributed by atoms with Gasteiger partial charge in [-0.2, -0.15) is 0 Å². The van der Waals surface area contributed by atoms with Crippen molar-refractivity contribution in [2.24, 2.45) is 56.1 Å². The highest BCUT2D eigenvalue weighted by atomic mass is 16.7. The average molecular weight is 1370 g/mol. The zero-order valence-electron chi connectivity index (χ0n) is 56.2. The highest BCUT2D eigenvalue weighted by Crippen LogP contribution is 2.43. The second kappa shape index (κ2) is 37.1. The summed E-state index contributed by atoms with van der Waals surface area (Å²) in [6, 6.07) is 0. The van der Waals surface area contributed by atoms with Crippen molar-refractivity contribution in [2.75, 3.05) is 13.1 Å². The number of aliphatic carboxylic acids is 6. The van der Waals surface area contributed by atoms with E-state index < -0.39 is 216 Å². The number of carbonyl (C=O) groups excluding carboxylic acids is 3. The number of aliphatic hydroxyl groups excluding tert-OH is 8. The summed E-state index contributed by atoms with van der Waals surface area (Å²) in [6.07, 6.45) is -34.0. The quantitative estimate of drug-likeness (QED) is 0.0249. The number of unbranched alkanes of at least 4 members (excludes halogenated alkanes) is 4. The largest absolute Gasteiger partial charge is 0.479 e. The number of hydrogen-bond donors (Lipinski definition) is 15. The third kappa shape index (κ3) is 22.9. The van der Waals surface area contributed by atoms with Crippen LogP contribution in [-0.2, 0) is 81.0 Å². The van der Waals surface area contributed by atoms with Crippen LogP contribution in [0.5, 0.6) is 0 Å². The highest BCUT2D eigenvalue weighted by Gasteiger charge is 2.59. The number of aliphatic imine (C=N–C) groups is 1. The number of carboxylic acids is 6. The van der Waals surface area contributed by atoms with E-state index in [0.717, 1.165) is 25.6 Å². The summed E-state index contributed by atoms with van der Waals surface area (Å²) >= 11 is 0. The molecule has 0 saturated carbocycles. The van der Waals surface area contributed by atoms with Crippen LogP contribution in [-0.4, -0.2) is 280 Å². The van der Waals surface area contributed by atoms with Crippen molar-refractivity contribution in [3.8, 4) is 0 Å². The van der Waals surface area contributed by atoms with E-state index in [0.29, 0.717) is 6.42 Å².